The zero-order valence-electron chi connectivity index (χ0n) is 17.1. The van der Waals surface area contributed by atoms with Gasteiger partial charge in [0, 0.05) is 55.0 Å². The van der Waals surface area contributed by atoms with E-state index in [1.807, 2.05) is 12.1 Å². The van der Waals surface area contributed by atoms with Crippen LogP contribution in [0.3, 0.4) is 0 Å². The molecule has 1 aromatic carbocycles. The number of ether oxygens (including phenoxy) is 2. The second kappa shape index (κ2) is 8.45. The molecule has 6 nitrogen and oxygen atoms in total. The lowest BCUT2D eigenvalue weighted by molar-refractivity contribution is 0.198. The van der Waals surface area contributed by atoms with Crippen LogP contribution in [0.2, 0.25) is 0 Å². The van der Waals surface area contributed by atoms with Gasteiger partial charge in [-0.3, -0.25) is 4.90 Å². The summed E-state index contributed by atoms with van der Waals surface area (Å²) in [5.41, 5.74) is 3.72. The van der Waals surface area contributed by atoms with Crippen molar-refractivity contribution in [3.8, 4) is 11.5 Å². The molecule has 0 saturated carbocycles. The number of rotatable bonds is 5. The number of fused-ring (bicyclic) bond motifs is 1. The first-order chi connectivity index (χ1) is 13.7. The fourth-order valence-corrected chi connectivity index (χ4v) is 4.34. The van der Waals surface area contributed by atoms with Crippen molar-refractivity contribution in [1.82, 2.24) is 19.8 Å². The second-order valence-electron chi connectivity index (χ2n) is 7.89. The summed E-state index contributed by atoms with van der Waals surface area (Å²) in [5.74, 6) is 3.15. The largest absolute Gasteiger partial charge is 0.493 e. The predicted octanol–water partition coefficient (Wildman–Crippen LogP) is 2.86. The lowest BCUT2D eigenvalue weighted by atomic mass is 9.95. The highest BCUT2D eigenvalue weighted by molar-refractivity contribution is 5.46. The molecular formula is C22H30N4O2. The van der Waals surface area contributed by atoms with Gasteiger partial charge in [-0.25, -0.2) is 9.97 Å². The number of methoxy groups -OCH3 is 2. The maximum Gasteiger partial charge on any atom is 0.165 e. The SMILES string of the molecule is COc1cccc(CN2CCC(c3ncc4c(n3)CCN(C)C4)CC2)c1OC. The summed E-state index contributed by atoms with van der Waals surface area (Å²) in [7, 11) is 5.55. The smallest absolute Gasteiger partial charge is 0.165 e. The van der Waals surface area contributed by atoms with Gasteiger partial charge in [0.15, 0.2) is 11.5 Å². The molecule has 6 heteroatoms. The number of hydrogen-bond acceptors (Lipinski definition) is 6. The molecule has 0 atom stereocenters. The highest BCUT2D eigenvalue weighted by Crippen LogP contribution is 2.33. The van der Waals surface area contributed by atoms with Crippen LogP contribution in [0.4, 0.5) is 0 Å². The lowest BCUT2D eigenvalue weighted by Crippen LogP contribution is -2.33. The van der Waals surface area contributed by atoms with E-state index in [1.54, 1.807) is 14.2 Å². The van der Waals surface area contributed by atoms with Crippen molar-refractivity contribution in [2.45, 2.75) is 38.3 Å². The van der Waals surface area contributed by atoms with Crippen LogP contribution in [0.15, 0.2) is 24.4 Å². The molecule has 0 spiro atoms. The summed E-state index contributed by atoms with van der Waals surface area (Å²) in [6.07, 6.45) is 5.30. The zero-order chi connectivity index (χ0) is 19.5. The molecule has 150 valence electrons. The third-order valence-electron chi connectivity index (χ3n) is 5.97. The van der Waals surface area contributed by atoms with Gasteiger partial charge in [-0.15, -0.1) is 0 Å². The van der Waals surface area contributed by atoms with E-state index in [0.29, 0.717) is 5.92 Å². The van der Waals surface area contributed by atoms with Crippen LogP contribution in [-0.4, -0.2) is 60.7 Å². The standard InChI is InChI=1S/C22H30N4O2/c1-25-10-9-19-18(14-25)13-23-22(24-19)16-7-11-26(12-8-16)15-17-5-4-6-20(27-2)21(17)28-3/h4-6,13,16H,7-12,14-15H2,1-3H3. The van der Waals surface area contributed by atoms with E-state index in [4.69, 9.17) is 19.4 Å². The van der Waals surface area contributed by atoms with E-state index in [1.165, 1.54) is 16.8 Å². The minimum absolute atomic E-state index is 0.466. The molecular weight excluding hydrogens is 352 g/mol. The first kappa shape index (κ1) is 19.2. The van der Waals surface area contributed by atoms with Gasteiger partial charge in [-0.2, -0.15) is 0 Å². The van der Waals surface area contributed by atoms with E-state index >= 15 is 0 Å². The van der Waals surface area contributed by atoms with Gasteiger partial charge in [0.1, 0.15) is 5.82 Å². The first-order valence-electron chi connectivity index (χ1n) is 10.1. The summed E-state index contributed by atoms with van der Waals surface area (Å²) in [6, 6.07) is 6.10. The normalized spacial score (nSPS) is 18.7. The van der Waals surface area contributed by atoms with E-state index in [9.17, 15) is 0 Å². The van der Waals surface area contributed by atoms with Gasteiger partial charge in [-0.05, 0) is 39.0 Å². The van der Waals surface area contributed by atoms with Gasteiger partial charge in [0.25, 0.3) is 0 Å². The second-order valence-corrected chi connectivity index (χ2v) is 7.89. The molecule has 4 rings (SSSR count). The van der Waals surface area contributed by atoms with Crippen LogP contribution in [0, 0.1) is 0 Å². The number of piperidine rings is 1. The molecule has 28 heavy (non-hydrogen) atoms. The Morgan fingerprint density at radius 3 is 2.68 bits per heavy atom. The third kappa shape index (κ3) is 3.98. The van der Waals surface area contributed by atoms with Crippen molar-refractivity contribution in [3.63, 3.8) is 0 Å². The van der Waals surface area contributed by atoms with Crippen LogP contribution in [-0.2, 0) is 19.5 Å². The molecule has 0 N–H and O–H groups in total. The Labute approximate surface area is 167 Å². The summed E-state index contributed by atoms with van der Waals surface area (Å²) in [6.45, 7) is 5.04. The Kier molecular flexibility index (Phi) is 5.78. The molecule has 2 aliphatic heterocycles. The lowest BCUT2D eigenvalue weighted by Gasteiger charge is -2.32. The van der Waals surface area contributed by atoms with Crippen molar-refractivity contribution in [3.05, 3.63) is 47.0 Å². The Hall–Kier alpha value is -2.18. The summed E-state index contributed by atoms with van der Waals surface area (Å²) >= 11 is 0. The molecule has 0 unspecified atom stereocenters. The number of aromatic nitrogens is 2. The number of likely N-dealkylation sites (tertiary alicyclic amines) is 1. The zero-order valence-corrected chi connectivity index (χ0v) is 17.1. The molecule has 2 aliphatic rings. The minimum atomic E-state index is 0.466. The molecule has 0 radical (unpaired) electrons. The number of hydrogen-bond donors (Lipinski definition) is 0. The van der Waals surface area contributed by atoms with Crippen LogP contribution in [0.25, 0.3) is 0 Å². The topological polar surface area (TPSA) is 50.7 Å². The quantitative estimate of drug-likeness (QED) is 0.793. The monoisotopic (exact) mass is 382 g/mol. The van der Waals surface area contributed by atoms with Gasteiger partial charge in [0.2, 0.25) is 0 Å². The average molecular weight is 383 g/mol. The van der Waals surface area contributed by atoms with Gasteiger partial charge >= 0.3 is 0 Å². The highest BCUT2D eigenvalue weighted by Gasteiger charge is 2.25. The molecule has 0 bridgehead atoms. The third-order valence-corrected chi connectivity index (χ3v) is 5.97. The van der Waals surface area contributed by atoms with Crippen molar-refractivity contribution < 1.29 is 9.47 Å². The number of para-hydroxylation sites is 1. The van der Waals surface area contributed by atoms with E-state index < -0.39 is 0 Å². The molecule has 0 amide bonds. The summed E-state index contributed by atoms with van der Waals surface area (Å²) < 4.78 is 11.0. The highest BCUT2D eigenvalue weighted by atomic mass is 16.5. The summed E-state index contributed by atoms with van der Waals surface area (Å²) in [5, 5.41) is 0. The molecule has 1 fully saturated rings. The maximum atomic E-state index is 5.58. The van der Waals surface area contributed by atoms with Gasteiger partial charge in [0.05, 0.1) is 14.2 Å². The van der Waals surface area contributed by atoms with E-state index in [2.05, 4.69) is 29.1 Å². The molecule has 1 aromatic heterocycles. The van der Waals surface area contributed by atoms with Crippen molar-refractivity contribution in [2.75, 3.05) is 40.9 Å². The van der Waals surface area contributed by atoms with Crippen LogP contribution in [0.5, 0.6) is 11.5 Å². The van der Waals surface area contributed by atoms with Gasteiger partial charge in [-0.1, -0.05) is 12.1 Å². The predicted molar refractivity (Wildman–Crippen MR) is 109 cm³/mol. The Morgan fingerprint density at radius 2 is 1.93 bits per heavy atom. The first-order valence-corrected chi connectivity index (χ1v) is 10.1. The average Bonchev–Trinajstić information content (AvgIpc) is 2.73. The van der Waals surface area contributed by atoms with Crippen LogP contribution < -0.4 is 9.47 Å². The van der Waals surface area contributed by atoms with Crippen molar-refractivity contribution >= 4 is 0 Å². The fourth-order valence-electron chi connectivity index (χ4n) is 4.34. The molecule has 1 saturated heterocycles. The van der Waals surface area contributed by atoms with Gasteiger partial charge < -0.3 is 14.4 Å². The summed E-state index contributed by atoms with van der Waals surface area (Å²) in [4.78, 5) is 14.5. The van der Waals surface area contributed by atoms with E-state index in [0.717, 1.165) is 69.3 Å². The van der Waals surface area contributed by atoms with Crippen molar-refractivity contribution in [2.24, 2.45) is 0 Å². The minimum Gasteiger partial charge on any atom is -0.493 e. The number of benzene rings is 1. The van der Waals surface area contributed by atoms with Crippen LogP contribution in [0.1, 0.15) is 41.4 Å². The Bertz CT molecular complexity index is 818. The number of likely N-dealkylation sites (N-methyl/N-ethyl adjacent to an activating group) is 1. The number of nitrogens with zero attached hydrogens (tertiary/aromatic N) is 4. The molecule has 0 aliphatic carbocycles. The molecule has 3 heterocycles. The maximum absolute atomic E-state index is 5.58. The Balaban J connectivity index is 1.39. The molecule has 2 aromatic rings. The fraction of sp³-hybridized carbons (Fsp3) is 0.545. The van der Waals surface area contributed by atoms with Crippen LogP contribution >= 0.6 is 0 Å². The van der Waals surface area contributed by atoms with E-state index in [-0.39, 0.29) is 0 Å². The Morgan fingerprint density at radius 1 is 1.11 bits per heavy atom. The van der Waals surface area contributed by atoms with Crippen molar-refractivity contribution in [1.29, 1.82) is 0 Å².